The Labute approximate surface area is 109 Å². The van der Waals surface area contributed by atoms with E-state index in [1.807, 2.05) is 6.07 Å². The van der Waals surface area contributed by atoms with Gasteiger partial charge in [-0.2, -0.15) is 0 Å². The third-order valence-corrected chi connectivity index (χ3v) is 3.22. The summed E-state index contributed by atoms with van der Waals surface area (Å²) in [5.74, 6) is 0. The van der Waals surface area contributed by atoms with Gasteiger partial charge >= 0.3 is 0 Å². The fraction of sp³-hybridized carbons (Fsp3) is 0.600. The van der Waals surface area contributed by atoms with Gasteiger partial charge in [-0.15, -0.1) is 5.46 Å². The van der Waals surface area contributed by atoms with E-state index in [0.29, 0.717) is 5.46 Å². The molecule has 0 saturated carbocycles. The van der Waals surface area contributed by atoms with Gasteiger partial charge in [-0.05, 0) is 34.4 Å². The molecule has 0 unspecified atom stereocenters. The van der Waals surface area contributed by atoms with Crippen LogP contribution in [0.5, 0.6) is 0 Å². The van der Waals surface area contributed by atoms with Crippen LogP contribution in [0.1, 0.15) is 58.2 Å². The average Bonchev–Trinajstić information content (AvgIpc) is 2.07. The molecule has 0 aromatic heterocycles. The molecule has 0 heterocycles. The molecule has 0 aliphatic rings. The third-order valence-electron chi connectivity index (χ3n) is 3.22. The lowest BCUT2D eigenvalue weighted by Crippen LogP contribution is -2.38. The van der Waals surface area contributed by atoms with E-state index in [2.05, 4.69) is 48.5 Å². The van der Waals surface area contributed by atoms with Gasteiger partial charge in [-0.25, -0.2) is 0 Å². The first-order valence-electron chi connectivity index (χ1n) is 6.15. The summed E-state index contributed by atoms with van der Waals surface area (Å²) in [4.78, 5) is 0. The topological polar surface area (TPSA) is 0 Å². The van der Waals surface area contributed by atoms with E-state index < -0.39 is 0 Å². The molecule has 0 bridgehead atoms. The highest BCUT2D eigenvalue weighted by molar-refractivity contribution is 6.49. The Morgan fingerprint density at radius 3 is 1.71 bits per heavy atom. The highest BCUT2D eigenvalue weighted by atomic mass is 14.3. The molecule has 0 aliphatic carbocycles. The van der Waals surface area contributed by atoms with Crippen LogP contribution in [0.3, 0.4) is 0 Å². The molecule has 0 N–H and O–H groups in total. The molecule has 0 atom stereocenters. The van der Waals surface area contributed by atoms with Crippen LogP contribution in [0.4, 0.5) is 0 Å². The second kappa shape index (κ2) is 4.23. The van der Waals surface area contributed by atoms with Gasteiger partial charge in [0.2, 0.25) is 0 Å². The maximum Gasteiger partial charge on any atom is 0.113 e. The van der Waals surface area contributed by atoms with E-state index in [-0.39, 0.29) is 10.8 Å². The molecule has 0 aliphatic heterocycles. The molecule has 88 valence electrons. The standard InChI is InChI=1S/C15H22B2/c1-9-10(14(2,3)4)8-11(16)13(17)12(9)15(5,6)7/h8H,1-7H3. The van der Waals surface area contributed by atoms with Gasteiger partial charge in [0.25, 0.3) is 0 Å². The molecule has 1 rings (SSSR count). The van der Waals surface area contributed by atoms with Crippen LogP contribution in [0.2, 0.25) is 0 Å². The minimum atomic E-state index is 0.0174. The highest BCUT2D eigenvalue weighted by Crippen LogP contribution is 2.31. The lowest BCUT2D eigenvalue weighted by atomic mass is 9.66. The Bertz CT molecular complexity index is 432. The number of hydrogen-bond acceptors (Lipinski definition) is 0. The molecule has 0 spiro atoms. The summed E-state index contributed by atoms with van der Waals surface area (Å²) in [6.07, 6.45) is 0. The molecule has 4 radical (unpaired) electrons. The molecule has 2 heteroatoms. The second-order valence-corrected chi connectivity index (χ2v) is 6.93. The van der Waals surface area contributed by atoms with Crippen molar-refractivity contribution in [2.75, 3.05) is 0 Å². The Morgan fingerprint density at radius 1 is 0.882 bits per heavy atom. The smallest absolute Gasteiger partial charge is 0.103 e. The molecule has 0 fully saturated rings. The average molecular weight is 224 g/mol. The maximum absolute atomic E-state index is 6.16. The summed E-state index contributed by atoms with van der Waals surface area (Å²) < 4.78 is 0. The molecule has 17 heavy (non-hydrogen) atoms. The summed E-state index contributed by atoms with van der Waals surface area (Å²) in [7, 11) is 12.2. The normalized spacial score (nSPS) is 12.9. The van der Waals surface area contributed by atoms with Crippen molar-refractivity contribution in [2.24, 2.45) is 0 Å². The molecule has 1 aromatic rings. The van der Waals surface area contributed by atoms with Crippen molar-refractivity contribution in [2.45, 2.75) is 59.3 Å². The molecular formula is C15H22B2. The zero-order valence-electron chi connectivity index (χ0n) is 12.2. The van der Waals surface area contributed by atoms with Crippen molar-refractivity contribution in [3.63, 3.8) is 0 Å². The Hall–Kier alpha value is -0.650. The van der Waals surface area contributed by atoms with E-state index in [4.69, 9.17) is 15.7 Å². The number of rotatable bonds is 0. The summed E-state index contributed by atoms with van der Waals surface area (Å²) >= 11 is 0. The molecule has 1 aromatic carbocycles. The second-order valence-electron chi connectivity index (χ2n) is 6.93. The van der Waals surface area contributed by atoms with E-state index in [1.54, 1.807) is 0 Å². The van der Waals surface area contributed by atoms with E-state index in [1.165, 1.54) is 16.7 Å². The highest BCUT2D eigenvalue weighted by Gasteiger charge is 2.25. The fourth-order valence-electron chi connectivity index (χ4n) is 2.57. The largest absolute Gasteiger partial charge is 0.113 e. The minimum Gasteiger partial charge on any atom is -0.103 e. The molecular weight excluding hydrogens is 202 g/mol. The van der Waals surface area contributed by atoms with E-state index >= 15 is 0 Å². The zero-order chi connectivity index (χ0) is 13.6. The van der Waals surface area contributed by atoms with Gasteiger partial charge in [0, 0.05) is 0 Å². The SMILES string of the molecule is [B]c1cc(C(C)(C)C)c(C)c(C(C)(C)C)c1[B]. The number of hydrogen-bond donors (Lipinski definition) is 0. The van der Waals surface area contributed by atoms with Crippen LogP contribution < -0.4 is 10.9 Å². The van der Waals surface area contributed by atoms with Crippen molar-refractivity contribution in [1.29, 1.82) is 0 Å². The quantitative estimate of drug-likeness (QED) is 0.592. The monoisotopic (exact) mass is 224 g/mol. The first kappa shape index (κ1) is 14.4. The Kier molecular flexibility index (Phi) is 3.58. The van der Waals surface area contributed by atoms with Crippen molar-refractivity contribution < 1.29 is 0 Å². The number of benzene rings is 1. The summed E-state index contributed by atoms with van der Waals surface area (Å²) in [6.45, 7) is 15.3. The summed E-state index contributed by atoms with van der Waals surface area (Å²) in [5.41, 5.74) is 5.29. The van der Waals surface area contributed by atoms with Crippen LogP contribution in [0.25, 0.3) is 0 Å². The van der Waals surface area contributed by atoms with Crippen molar-refractivity contribution in [3.8, 4) is 0 Å². The van der Waals surface area contributed by atoms with Gasteiger partial charge in [0.05, 0.1) is 0 Å². The van der Waals surface area contributed by atoms with Crippen molar-refractivity contribution in [3.05, 3.63) is 22.8 Å². The van der Waals surface area contributed by atoms with Gasteiger partial charge < -0.3 is 0 Å². The Morgan fingerprint density at radius 2 is 1.35 bits per heavy atom. The summed E-state index contributed by atoms with van der Waals surface area (Å²) in [6, 6.07) is 2.03. The summed E-state index contributed by atoms with van der Waals surface area (Å²) in [5, 5.41) is 0. The minimum absolute atomic E-state index is 0.0174. The molecule has 0 amide bonds. The first-order valence-corrected chi connectivity index (χ1v) is 6.15. The predicted octanol–water partition coefficient (Wildman–Crippen LogP) is 2.18. The third kappa shape index (κ3) is 2.78. The van der Waals surface area contributed by atoms with Gasteiger partial charge in [-0.3, -0.25) is 0 Å². The van der Waals surface area contributed by atoms with E-state index in [0.717, 1.165) is 5.46 Å². The van der Waals surface area contributed by atoms with Crippen LogP contribution in [-0.2, 0) is 10.8 Å². The predicted molar refractivity (Wildman–Crippen MR) is 79.4 cm³/mol. The maximum atomic E-state index is 6.16. The van der Waals surface area contributed by atoms with E-state index in [9.17, 15) is 0 Å². The molecule has 0 nitrogen and oxygen atoms in total. The Balaban J connectivity index is 3.67. The van der Waals surface area contributed by atoms with Gasteiger partial charge in [0.1, 0.15) is 15.7 Å². The van der Waals surface area contributed by atoms with Crippen LogP contribution >= 0.6 is 0 Å². The lowest BCUT2D eigenvalue weighted by molar-refractivity contribution is 0.564. The van der Waals surface area contributed by atoms with Gasteiger partial charge in [-0.1, -0.05) is 53.1 Å². The lowest BCUT2D eigenvalue weighted by Gasteiger charge is -2.32. The van der Waals surface area contributed by atoms with Crippen molar-refractivity contribution >= 4 is 26.6 Å². The zero-order valence-corrected chi connectivity index (χ0v) is 12.2. The van der Waals surface area contributed by atoms with Crippen molar-refractivity contribution in [1.82, 2.24) is 0 Å². The van der Waals surface area contributed by atoms with Gasteiger partial charge in [0.15, 0.2) is 0 Å². The van der Waals surface area contributed by atoms with Crippen LogP contribution in [-0.4, -0.2) is 15.7 Å². The first-order chi connectivity index (χ1) is 7.46. The van der Waals surface area contributed by atoms with Crippen LogP contribution in [0.15, 0.2) is 6.07 Å². The molecule has 0 saturated heterocycles. The fourth-order valence-corrected chi connectivity index (χ4v) is 2.57. The van der Waals surface area contributed by atoms with Crippen LogP contribution in [0, 0.1) is 6.92 Å².